The molecule has 0 aromatic heterocycles. The molecule has 0 spiro atoms. The Morgan fingerprint density at radius 3 is 0.903 bits per heavy atom. The largest absolute Gasteiger partial charge is 0.496 e. The van der Waals surface area contributed by atoms with Crippen LogP contribution in [0.25, 0.3) is 98.4 Å². The normalized spacial score (nSPS) is 13.6. The molecule has 0 heterocycles. The molecule has 0 atom stereocenters. The Morgan fingerprint density at radius 1 is 0.223 bits per heavy atom. The average Bonchev–Trinajstić information content (AvgIpc) is 0.956. The van der Waals surface area contributed by atoms with Gasteiger partial charge in [0.15, 0.2) is 0 Å². The standard InChI is InChI=1S/2C25H28O.C25H24O.C24H26O/c1-25(2,3)23-15-19-11-7-5-9-17(19)13-21(23)22-14-18-10-6-8-12-20(18)16-24(22)26-4;2*1-25(2,3)22-16-19-11-6-5-10-18(19)15-21(22)24-20-12-8-7-9-17(20)13-14-23(24)26-4;1-24(2,3)22-14-18-9-6-5-8-16(18)12-20(22)21-13-17-10-7-11-19(17)15-23(21)25-4/h5,7,9,11,13-16H,6,8,10,12H2,1-4H3;5-6,10-11,13-16H,7-9,12H2,1-4H3;5-16H,1-4H3;5-6,8-9,12-15H,7,10-11H2,1-4H3. The summed E-state index contributed by atoms with van der Waals surface area (Å²) in [6, 6.07) is 79.9. The second kappa shape index (κ2) is 29.6. The minimum absolute atomic E-state index is 0.0291. The smallest absolute Gasteiger partial charge is 0.127 e. The number of methoxy groups -OCH3 is 4. The van der Waals surface area contributed by atoms with Crippen molar-refractivity contribution < 1.29 is 18.9 Å². The monoisotopic (exact) mass is 1360 g/mol. The first kappa shape index (κ1) is 71.7. The molecule has 16 rings (SSSR count). The summed E-state index contributed by atoms with van der Waals surface area (Å²) in [7, 11) is 7.14. The van der Waals surface area contributed by atoms with Gasteiger partial charge in [0.25, 0.3) is 0 Å². The Labute approximate surface area is 614 Å². The van der Waals surface area contributed by atoms with E-state index in [2.05, 4.69) is 301 Å². The number of benzene rings is 13. The molecule has 0 unspecified atom stereocenters. The van der Waals surface area contributed by atoms with Gasteiger partial charge in [-0.1, -0.05) is 241 Å². The summed E-state index contributed by atoms with van der Waals surface area (Å²) in [5.74, 6) is 3.93. The van der Waals surface area contributed by atoms with E-state index in [1.165, 1.54) is 218 Å². The van der Waals surface area contributed by atoms with Gasteiger partial charge in [0.2, 0.25) is 0 Å². The van der Waals surface area contributed by atoms with Gasteiger partial charge in [-0.15, -0.1) is 0 Å². The van der Waals surface area contributed by atoms with E-state index in [0.717, 1.165) is 29.4 Å². The molecular formula is C99H106O4. The predicted octanol–water partition coefficient (Wildman–Crippen LogP) is 26.7. The molecule has 13 aromatic carbocycles. The van der Waals surface area contributed by atoms with Crippen molar-refractivity contribution in [2.75, 3.05) is 28.4 Å². The van der Waals surface area contributed by atoms with Crippen molar-refractivity contribution in [2.45, 2.75) is 175 Å². The fourth-order valence-corrected chi connectivity index (χ4v) is 16.4. The van der Waals surface area contributed by atoms with Crippen LogP contribution in [0.3, 0.4) is 0 Å². The quantitative estimate of drug-likeness (QED) is 0.152. The van der Waals surface area contributed by atoms with Crippen LogP contribution < -0.4 is 18.9 Å². The van der Waals surface area contributed by atoms with Crippen molar-refractivity contribution in [3.8, 4) is 67.5 Å². The van der Waals surface area contributed by atoms with Crippen molar-refractivity contribution in [3.05, 3.63) is 274 Å². The Hall–Kier alpha value is -9.64. The first-order valence-electron chi connectivity index (χ1n) is 37.7. The predicted molar refractivity (Wildman–Crippen MR) is 441 cm³/mol. The van der Waals surface area contributed by atoms with Crippen molar-refractivity contribution >= 4 is 53.9 Å². The van der Waals surface area contributed by atoms with Gasteiger partial charge in [0.05, 0.1) is 28.4 Å². The molecule has 4 nitrogen and oxygen atoms in total. The summed E-state index contributed by atoms with van der Waals surface area (Å²) < 4.78 is 23.3. The molecule has 103 heavy (non-hydrogen) atoms. The van der Waals surface area contributed by atoms with Crippen molar-refractivity contribution in [1.82, 2.24) is 0 Å². The van der Waals surface area contributed by atoms with Gasteiger partial charge >= 0.3 is 0 Å². The molecule has 3 aliphatic carbocycles. The van der Waals surface area contributed by atoms with Crippen LogP contribution in [-0.2, 0) is 60.2 Å². The highest BCUT2D eigenvalue weighted by atomic mass is 16.5. The summed E-state index contributed by atoms with van der Waals surface area (Å²) in [5.41, 5.74) is 24.8. The van der Waals surface area contributed by atoms with Gasteiger partial charge in [-0.2, -0.15) is 0 Å². The molecule has 0 fully saturated rings. The number of aryl methyl sites for hydroxylation is 5. The lowest BCUT2D eigenvalue weighted by Gasteiger charge is -2.28. The molecule has 0 bridgehead atoms. The Bertz CT molecular complexity index is 5280. The first-order chi connectivity index (χ1) is 49.4. The molecule has 13 aromatic rings. The third-order valence-electron chi connectivity index (χ3n) is 21.8. The Kier molecular flexibility index (Phi) is 20.6. The van der Waals surface area contributed by atoms with E-state index in [1.54, 1.807) is 28.4 Å². The average molecular weight is 1360 g/mol. The van der Waals surface area contributed by atoms with E-state index in [0.29, 0.717) is 0 Å². The van der Waals surface area contributed by atoms with E-state index in [4.69, 9.17) is 18.9 Å². The van der Waals surface area contributed by atoms with Crippen LogP contribution in [-0.4, -0.2) is 28.4 Å². The van der Waals surface area contributed by atoms with Crippen LogP contribution in [0.5, 0.6) is 23.0 Å². The fraction of sp³-hybridized carbons (Fsp3) is 0.313. The molecule has 0 amide bonds. The maximum absolute atomic E-state index is 5.85. The van der Waals surface area contributed by atoms with Gasteiger partial charge in [0, 0.05) is 22.3 Å². The topological polar surface area (TPSA) is 36.9 Å². The van der Waals surface area contributed by atoms with Crippen LogP contribution in [0.4, 0.5) is 0 Å². The molecule has 0 radical (unpaired) electrons. The SMILES string of the molecule is COc1cc2c(cc1-c1cc3ccccc3cc1C(C)(C)C)CCC2.COc1cc2c(cc1-c1cc3ccccc3cc1C(C)(C)C)CCCC2.COc1ccc2c(c1-c1cc3ccccc3cc1C(C)(C)C)CCCC2.COc1ccc2ccccc2c1-c1cc2ccccc2cc1C(C)(C)C. The summed E-state index contributed by atoms with van der Waals surface area (Å²) in [6.07, 6.45) is 13.5. The molecule has 3 aliphatic rings. The number of ether oxygens (including phenoxy) is 4. The zero-order valence-corrected chi connectivity index (χ0v) is 64.2. The summed E-state index contributed by atoms with van der Waals surface area (Å²) in [6.45, 7) is 27.5. The second-order valence-electron chi connectivity index (χ2n) is 33.0. The van der Waals surface area contributed by atoms with Crippen molar-refractivity contribution in [1.29, 1.82) is 0 Å². The third kappa shape index (κ3) is 15.1. The summed E-state index contributed by atoms with van der Waals surface area (Å²) in [4.78, 5) is 0. The molecule has 4 heteroatoms. The lowest BCUT2D eigenvalue weighted by molar-refractivity contribution is 0.415. The maximum Gasteiger partial charge on any atom is 0.127 e. The van der Waals surface area contributed by atoms with E-state index in [-0.39, 0.29) is 21.7 Å². The Balaban J connectivity index is 0.000000122. The molecular weight excluding hydrogens is 1250 g/mol. The van der Waals surface area contributed by atoms with Crippen LogP contribution >= 0.6 is 0 Å². The van der Waals surface area contributed by atoms with Crippen molar-refractivity contribution in [2.24, 2.45) is 0 Å². The number of fused-ring (bicyclic) bond motifs is 8. The van der Waals surface area contributed by atoms with E-state index >= 15 is 0 Å². The van der Waals surface area contributed by atoms with E-state index in [1.807, 2.05) is 0 Å². The highest BCUT2D eigenvalue weighted by Crippen LogP contribution is 2.49. The molecule has 0 saturated carbocycles. The van der Waals surface area contributed by atoms with Crippen LogP contribution in [0.2, 0.25) is 0 Å². The molecule has 0 N–H and O–H groups in total. The van der Waals surface area contributed by atoms with Crippen molar-refractivity contribution in [3.63, 3.8) is 0 Å². The van der Waals surface area contributed by atoms with Gasteiger partial charge in [0.1, 0.15) is 23.0 Å². The van der Waals surface area contributed by atoms with Crippen LogP contribution in [0.15, 0.2) is 218 Å². The highest BCUT2D eigenvalue weighted by molar-refractivity contribution is 6.03. The van der Waals surface area contributed by atoms with Gasteiger partial charge in [-0.05, 0) is 285 Å². The third-order valence-corrected chi connectivity index (χ3v) is 21.8. The number of hydrogen-bond acceptors (Lipinski definition) is 4. The molecule has 0 saturated heterocycles. The lowest BCUT2D eigenvalue weighted by atomic mass is 9.77. The fourth-order valence-electron chi connectivity index (χ4n) is 16.4. The zero-order chi connectivity index (χ0) is 72.5. The maximum atomic E-state index is 5.85. The minimum atomic E-state index is 0.0291. The van der Waals surface area contributed by atoms with Crippen LogP contribution in [0, 0.1) is 0 Å². The van der Waals surface area contributed by atoms with Gasteiger partial charge in [-0.25, -0.2) is 0 Å². The van der Waals surface area contributed by atoms with Gasteiger partial charge in [-0.3, -0.25) is 0 Å². The lowest BCUT2D eigenvalue weighted by Crippen LogP contribution is -2.14. The zero-order valence-electron chi connectivity index (χ0n) is 64.2. The van der Waals surface area contributed by atoms with Crippen LogP contribution in [0.1, 0.15) is 171 Å². The molecule has 0 aliphatic heterocycles. The highest BCUT2D eigenvalue weighted by Gasteiger charge is 2.29. The van der Waals surface area contributed by atoms with E-state index in [9.17, 15) is 0 Å². The number of rotatable bonds is 8. The second-order valence-corrected chi connectivity index (χ2v) is 33.0. The Morgan fingerprint density at radius 2 is 0.515 bits per heavy atom. The summed E-state index contributed by atoms with van der Waals surface area (Å²) in [5, 5.41) is 12.8. The molecule has 526 valence electrons. The summed E-state index contributed by atoms with van der Waals surface area (Å²) >= 11 is 0. The van der Waals surface area contributed by atoms with E-state index < -0.39 is 0 Å². The number of hydrogen-bond donors (Lipinski definition) is 0. The first-order valence-corrected chi connectivity index (χ1v) is 37.7. The van der Waals surface area contributed by atoms with Gasteiger partial charge < -0.3 is 18.9 Å². The minimum Gasteiger partial charge on any atom is -0.496 e.